The van der Waals surface area contributed by atoms with Crippen molar-refractivity contribution in [2.24, 2.45) is 5.41 Å². The van der Waals surface area contributed by atoms with Gasteiger partial charge in [-0.1, -0.05) is 27.7 Å². The number of aliphatic hydroxyl groups excluding tert-OH is 1. The molecule has 0 saturated carbocycles. The summed E-state index contributed by atoms with van der Waals surface area (Å²) in [5.74, 6) is 0. The number of hydrogen-bond donors (Lipinski definition) is 2. The van der Waals surface area contributed by atoms with Gasteiger partial charge in [0.05, 0.1) is 6.10 Å². The molecular formula is C11H25NO. The van der Waals surface area contributed by atoms with Crippen LogP contribution in [0.2, 0.25) is 0 Å². The molecule has 0 aromatic heterocycles. The summed E-state index contributed by atoms with van der Waals surface area (Å²) < 4.78 is 0. The minimum Gasteiger partial charge on any atom is -0.393 e. The Kier molecular flexibility index (Phi) is 6.35. The summed E-state index contributed by atoms with van der Waals surface area (Å²) in [4.78, 5) is 0. The molecule has 2 N–H and O–H groups in total. The molecule has 2 nitrogen and oxygen atoms in total. The minimum atomic E-state index is -0.123. The lowest BCUT2D eigenvalue weighted by Crippen LogP contribution is -2.24. The van der Waals surface area contributed by atoms with Crippen LogP contribution in [0.5, 0.6) is 0 Å². The standard InChI is InChI=1S/C11H25NO/c1-5-10(13)6-8-12-9-7-11(2,3)4/h10,12-13H,5-9H2,1-4H3. The predicted molar refractivity (Wildman–Crippen MR) is 57.9 cm³/mol. The lowest BCUT2D eigenvalue weighted by molar-refractivity contribution is 0.159. The van der Waals surface area contributed by atoms with Crippen molar-refractivity contribution in [2.75, 3.05) is 13.1 Å². The van der Waals surface area contributed by atoms with E-state index < -0.39 is 0 Å². The van der Waals surface area contributed by atoms with Crippen molar-refractivity contribution in [2.45, 2.75) is 53.1 Å². The second kappa shape index (κ2) is 6.39. The Morgan fingerprint density at radius 3 is 2.31 bits per heavy atom. The molecule has 0 bridgehead atoms. The number of nitrogens with one attached hydrogen (secondary N) is 1. The number of hydrogen-bond acceptors (Lipinski definition) is 2. The van der Waals surface area contributed by atoms with E-state index in [1.54, 1.807) is 0 Å². The Hall–Kier alpha value is -0.0800. The quantitative estimate of drug-likeness (QED) is 0.625. The van der Waals surface area contributed by atoms with Crippen LogP contribution < -0.4 is 5.32 Å². The average molecular weight is 187 g/mol. The summed E-state index contributed by atoms with van der Waals surface area (Å²) in [6, 6.07) is 0. The molecule has 2 heteroatoms. The first-order valence-corrected chi connectivity index (χ1v) is 5.34. The molecule has 0 aromatic rings. The van der Waals surface area contributed by atoms with Gasteiger partial charge in [0.1, 0.15) is 0 Å². The fraction of sp³-hybridized carbons (Fsp3) is 1.00. The molecule has 0 aromatic carbocycles. The maximum Gasteiger partial charge on any atom is 0.0549 e. The van der Waals surface area contributed by atoms with E-state index >= 15 is 0 Å². The Bertz CT molecular complexity index is 118. The monoisotopic (exact) mass is 187 g/mol. The van der Waals surface area contributed by atoms with E-state index in [-0.39, 0.29) is 6.10 Å². The van der Waals surface area contributed by atoms with Gasteiger partial charge in [-0.15, -0.1) is 0 Å². The Balaban J connectivity index is 3.18. The van der Waals surface area contributed by atoms with Crippen LogP contribution in [0.25, 0.3) is 0 Å². The maximum absolute atomic E-state index is 9.28. The third-order valence-electron chi connectivity index (χ3n) is 2.18. The van der Waals surface area contributed by atoms with Crippen molar-refractivity contribution >= 4 is 0 Å². The van der Waals surface area contributed by atoms with Gasteiger partial charge in [-0.05, 0) is 37.8 Å². The van der Waals surface area contributed by atoms with Gasteiger partial charge < -0.3 is 10.4 Å². The molecular weight excluding hydrogens is 162 g/mol. The van der Waals surface area contributed by atoms with E-state index in [0.29, 0.717) is 5.41 Å². The molecule has 80 valence electrons. The summed E-state index contributed by atoms with van der Waals surface area (Å²) in [5.41, 5.74) is 0.413. The van der Waals surface area contributed by atoms with E-state index in [2.05, 4.69) is 26.1 Å². The van der Waals surface area contributed by atoms with Crippen LogP contribution in [0.3, 0.4) is 0 Å². The molecule has 0 spiro atoms. The molecule has 0 heterocycles. The van der Waals surface area contributed by atoms with Crippen LogP contribution in [0.1, 0.15) is 47.0 Å². The largest absolute Gasteiger partial charge is 0.393 e. The first kappa shape index (κ1) is 12.9. The van der Waals surface area contributed by atoms with E-state index in [1.165, 1.54) is 6.42 Å². The lowest BCUT2D eigenvalue weighted by Gasteiger charge is -2.18. The van der Waals surface area contributed by atoms with Crippen LogP contribution in [0, 0.1) is 5.41 Å². The Morgan fingerprint density at radius 1 is 1.23 bits per heavy atom. The zero-order chi connectivity index (χ0) is 10.3. The van der Waals surface area contributed by atoms with Crippen molar-refractivity contribution in [3.63, 3.8) is 0 Å². The third-order valence-corrected chi connectivity index (χ3v) is 2.18. The van der Waals surface area contributed by atoms with Gasteiger partial charge in [0.15, 0.2) is 0 Å². The zero-order valence-electron chi connectivity index (χ0n) is 9.56. The molecule has 0 fully saturated rings. The van der Waals surface area contributed by atoms with Gasteiger partial charge in [-0.2, -0.15) is 0 Å². The van der Waals surface area contributed by atoms with Gasteiger partial charge in [-0.25, -0.2) is 0 Å². The highest BCUT2D eigenvalue weighted by atomic mass is 16.3. The van der Waals surface area contributed by atoms with Crippen molar-refractivity contribution in [1.82, 2.24) is 5.32 Å². The fourth-order valence-electron chi connectivity index (χ4n) is 1.06. The molecule has 1 atom stereocenters. The zero-order valence-corrected chi connectivity index (χ0v) is 9.56. The molecule has 0 aliphatic heterocycles. The van der Waals surface area contributed by atoms with Gasteiger partial charge >= 0.3 is 0 Å². The van der Waals surface area contributed by atoms with E-state index in [0.717, 1.165) is 25.9 Å². The Morgan fingerprint density at radius 2 is 1.85 bits per heavy atom. The molecule has 1 unspecified atom stereocenters. The van der Waals surface area contributed by atoms with Crippen LogP contribution in [0.4, 0.5) is 0 Å². The summed E-state index contributed by atoms with van der Waals surface area (Å²) in [6.45, 7) is 10.7. The lowest BCUT2D eigenvalue weighted by atomic mass is 9.92. The molecule has 0 saturated heterocycles. The van der Waals surface area contributed by atoms with E-state index in [4.69, 9.17) is 0 Å². The first-order valence-electron chi connectivity index (χ1n) is 5.34. The van der Waals surface area contributed by atoms with Gasteiger partial charge in [0.25, 0.3) is 0 Å². The predicted octanol–water partition coefficient (Wildman–Crippen LogP) is 2.17. The van der Waals surface area contributed by atoms with Crippen LogP contribution >= 0.6 is 0 Å². The average Bonchev–Trinajstić information content (AvgIpc) is 2.01. The molecule has 13 heavy (non-hydrogen) atoms. The molecule has 0 rings (SSSR count). The summed E-state index contributed by atoms with van der Waals surface area (Å²) in [5, 5.41) is 12.6. The van der Waals surface area contributed by atoms with Gasteiger partial charge in [0, 0.05) is 0 Å². The number of aliphatic hydroxyl groups is 1. The summed E-state index contributed by atoms with van der Waals surface area (Å²) in [7, 11) is 0. The smallest absolute Gasteiger partial charge is 0.0549 e. The van der Waals surface area contributed by atoms with Gasteiger partial charge in [-0.3, -0.25) is 0 Å². The van der Waals surface area contributed by atoms with Crippen molar-refractivity contribution < 1.29 is 5.11 Å². The third kappa shape index (κ3) is 9.84. The summed E-state index contributed by atoms with van der Waals surface area (Å²) >= 11 is 0. The van der Waals surface area contributed by atoms with E-state index in [9.17, 15) is 5.11 Å². The van der Waals surface area contributed by atoms with Crippen molar-refractivity contribution in [1.29, 1.82) is 0 Å². The first-order chi connectivity index (χ1) is 5.95. The number of rotatable bonds is 6. The SMILES string of the molecule is CCC(O)CCNCCC(C)(C)C. The van der Waals surface area contributed by atoms with Crippen molar-refractivity contribution in [3.05, 3.63) is 0 Å². The van der Waals surface area contributed by atoms with E-state index in [1.807, 2.05) is 6.92 Å². The van der Waals surface area contributed by atoms with Crippen molar-refractivity contribution in [3.8, 4) is 0 Å². The second-order valence-corrected chi connectivity index (χ2v) is 4.91. The molecule has 0 radical (unpaired) electrons. The second-order valence-electron chi connectivity index (χ2n) is 4.91. The van der Waals surface area contributed by atoms with Crippen LogP contribution in [-0.4, -0.2) is 24.3 Å². The maximum atomic E-state index is 9.28. The Labute approximate surface area is 82.7 Å². The fourth-order valence-corrected chi connectivity index (χ4v) is 1.06. The summed E-state index contributed by atoms with van der Waals surface area (Å²) in [6.07, 6.45) is 2.80. The minimum absolute atomic E-state index is 0.123. The topological polar surface area (TPSA) is 32.3 Å². The highest BCUT2D eigenvalue weighted by Gasteiger charge is 2.08. The van der Waals surface area contributed by atoms with Crippen LogP contribution in [-0.2, 0) is 0 Å². The van der Waals surface area contributed by atoms with Gasteiger partial charge in [0.2, 0.25) is 0 Å². The molecule has 0 aliphatic carbocycles. The normalized spacial score (nSPS) is 14.5. The highest BCUT2D eigenvalue weighted by Crippen LogP contribution is 2.16. The highest BCUT2D eigenvalue weighted by molar-refractivity contribution is 4.63. The molecule has 0 aliphatic rings. The van der Waals surface area contributed by atoms with Crippen LogP contribution in [0.15, 0.2) is 0 Å². The molecule has 0 amide bonds.